The van der Waals surface area contributed by atoms with Crippen molar-refractivity contribution in [2.24, 2.45) is 7.05 Å². The predicted octanol–water partition coefficient (Wildman–Crippen LogP) is 1.20. The zero-order chi connectivity index (χ0) is 14.6. The highest BCUT2D eigenvalue weighted by Gasteiger charge is 2.31. The molecule has 21 heavy (non-hydrogen) atoms. The first-order valence-electron chi connectivity index (χ1n) is 7.60. The number of aryl methyl sites for hydroxylation is 2. The minimum atomic E-state index is -3.33. The van der Waals surface area contributed by atoms with Gasteiger partial charge in [-0.2, -0.15) is 4.31 Å². The number of sulfonamides is 1. The van der Waals surface area contributed by atoms with E-state index in [0.29, 0.717) is 18.0 Å². The lowest BCUT2D eigenvalue weighted by Crippen LogP contribution is -2.31. The lowest BCUT2D eigenvalue weighted by atomic mass is 10.3. The summed E-state index contributed by atoms with van der Waals surface area (Å²) in [6.45, 7) is 2.34. The van der Waals surface area contributed by atoms with Crippen molar-refractivity contribution in [2.75, 3.05) is 13.1 Å². The van der Waals surface area contributed by atoms with Crippen LogP contribution in [0.2, 0.25) is 0 Å². The van der Waals surface area contributed by atoms with Crippen molar-refractivity contribution >= 4 is 21.1 Å². The van der Waals surface area contributed by atoms with E-state index in [1.54, 1.807) is 10.4 Å². The van der Waals surface area contributed by atoms with E-state index in [9.17, 15) is 8.42 Å². The van der Waals surface area contributed by atoms with Gasteiger partial charge in [-0.3, -0.25) is 0 Å². The molecule has 4 rings (SSSR count). The average molecular weight is 306 g/mol. The zero-order valence-electron chi connectivity index (χ0n) is 12.2. The van der Waals surface area contributed by atoms with Gasteiger partial charge in [0.1, 0.15) is 0 Å². The molecular formula is C15H20N3O2S+. The molecule has 2 aliphatic heterocycles. The van der Waals surface area contributed by atoms with Gasteiger partial charge in [0.2, 0.25) is 10.0 Å². The summed E-state index contributed by atoms with van der Waals surface area (Å²) < 4.78 is 31.4. The number of nitrogens with zero attached hydrogens (tertiary/aromatic N) is 3. The van der Waals surface area contributed by atoms with E-state index in [-0.39, 0.29) is 0 Å². The SMILES string of the molecule is Cn1c2[n+](c3ccc(S(=O)(=O)N4CCCC4)cc31)CCC2. The van der Waals surface area contributed by atoms with Crippen LogP contribution in [0.15, 0.2) is 23.1 Å². The summed E-state index contributed by atoms with van der Waals surface area (Å²) in [5, 5.41) is 0. The van der Waals surface area contributed by atoms with Crippen LogP contribution in [-0.4, -0.2) is 30.4 Å². The fourth-order valence-corrected chi connectivity index (χ4v) is 5.18. The molecule has 5 nitrogen and oxygen atoms in total. The number of hydrogen-bond acceptors (Lipinski definition) is 2. The molecule has 0 unspecified atom stereocenters. The molecule has 0 atom stereocenters. The minimum Gasteiger partial charge on any atom is -0.230 e. The zero-order valence-corrected chi connectivity index (χ0v) is 13.1. The van der Waals surface area contributed by atoms with E-state index in [4.69, 9.17) is 0 Å². The molecule has 1 aromatic carbocycles. The molecule has 0 N–H and O–H groups in total. The lowest BCUT2D eigenvalue weighted by Gasteiger charge is -2.15. The maximum atomic E-state index is 12.7. The summed E-state index contributed by atoms with van der Waals surface area (Å²) in [7, 11) is -1.30. The molecule has 112 valence electrons. The second-order valence-corrected chi connectivity index (χ2v) is 7.93. The van der Waals surface area contributed by atoms with Gasteiger partial charge in [-0.1, -0.05) is 0 Å². The maximum absolute atomic E-state index is 12.7. The normalized spacial score (nSPS) is 19.5. The van der Waals surface area contributed by atoms with E-state index >= 15 is 0 Å². The molecule has 1 aromatic heterocycles. The van der Waals surface area contributed by atoms with Gasteiger partial charge in [-0.25, -0.2) is 17.6 Å². The van der Waals surface area contributed by atoms with E-state index in [1.165, 1.54) is 12.2 Å². The van der Waals surface area contributed by atoms with Gasteiger partial charge in [0.25, 0.3) is 5.82 Å². The summed E-state index contributed by atoms with van der Waals surface area (Å²) in [6.07, 6.45) is 4.18. The molecule has 2 aliphatic rings. The Morgan fingerprint density at radius 2 is 1.90 bits per heavy atom. The van der Waals surface area contributed by atoms with Crippen molar-refractivity contribution in [2.45, 2.75) is 37.1 Å². The fraction of sp³-hybridized carbons (Fsp3) is 0.533. The maximum Gasteiger partial charge on any atom is 0.257 e. The number of benzene rings is 1. The summed E-state index contributed by atoms with van der Waals surface area (Å²) in [5.74, 6) is 1.29. The van der Waals surface area contributed by atoms with Crippen LogP contribution in [-0.2, 0) is 30.0 Å². The standard InChI is InChI=1S/C15H20N3O2S/c1-16-14-11-12(21(19,20)17-8-2-3-9-17)6-7-13(14)18-10-4-5-15(16)18/h6-7,11H,2-5,8-10H2,1H3/q+1. The molecule has 2 aromatic rings. The Labute approximate surface area is 124 Å². The summed E-state index contributed by atoms with van der Waals surface area (Å²) in [5.41, 5.74) is 2.16. The van der Waals surface area contributed by atoms with E-state index in [0.717, 1.165) is 36.8 Å². The number of imidazole rings is 1. The Balaban J connectivity index is 1.86. The van der Waals surface area contributed by atoms with Crippen LogP contribution in [0.4, 0.5) is 0 Å². The van der Waals surface area contributed by atoms with Gasteiger partial charge in [-0.15, -0.1) is 0 Å². The van der Waals surface area contributed by atoms with Crippen molar-refractivity contribution in [1.29, 1.82) is 0 Å². The molecule has 0 radical (unpaired) electrons. The topological polar surface area (TPSA) is 46.2 Å². The largest absolute Gasteiger partial charge is 0.257 e. The van der Waals surface area contributed by atoms with Crippen molar-refractivity contribution in [1.82, 2.24) is 8.87 Å². The Morgan fingerprint density at radius 3 is 2.67 bits per heavy atom. The molecular weight excluding hydrogens is 286 g/mol. The fourth-order valence-electron chi connectivity index (χ4n) is 3.64. The lowest BCUT2D eigenvalue weighted by molar-refractivity contribution is -0.665. The molecule has 3 heterocycles. The van der Waals surface area contributed by atoms with Crippen molar-refractivity contribution in [3.63, 3.8) is 0 Å². The van der Waals surface area contributed by atoms with Gasteiger partial charge < -0.3 is 0 Å². The first kappa shape index (κ1) is 13.3. The van der Waals surface area contributed by atoms with Crippen LogP contribution in [0.1, 0.15) is 25.1 Å². The van der Waals surface area contributed by atoms with E-state index < -0.39 is 10.0 Å². The molecule has 1 saturated heterocycles. The Hall–Kier alpha value is -1.40. The quantitative estimate of drug-likeness (QED) is 0.783. The monoisotopic (exact) mass is 306 g/mol. The van der Waals surface area contributed by atoms with Crippen LogP contribution in [0.25, 0.3) is 11.0 Å². The van der Waals surface area contributed by atoms with E-state index in [1.807, 2.05) is 19.2 Å². The molecule has 0 spiro atoms. The number of rotatable bonds is 2. The Bertz CT molecular complexity index is 817. The van der Waals surface area contributed by atoms with Crippen LogP contribution in [0.3, 0.4) is 0 Å². The van der Waals surface area contributed by atoms with Gasteiger partial charge >= 0.3 is 0 Å². The summed E-state index contributed by atoms with van der Waals surface area (Å²) >= 11 is 0. The van der Waals surface area contributed by atoms with E-state index in [2.05, 4.69) is 9.13 Å². The van der Waals surface area contributed by atoms with Crippen molar-refractivity contribution < 1.29 is 13.0 Å². The van der Waals surface area contributed by atoms with Gasteiger partial charge in [-0.05, 0) is 31.4 Å². The third-order valence-corrected chi connectivity index (χ3v) is 6.68. The third kappa shape index (κ3) is 1.85. The van der Waals surface area contributed by atoms with Crippen molar-refractivity contribution in [3.05, 3.63) is 24.0 Å². The minimum absolute atomic E-state index is 0.428. The number of aromatic nitrogens is 2. The number of hydrogen-bond donors (Lipinski definition) is 0. The predicted molar refractivity (Wildman–Crippen MR) is 79.4 cm³/mol. The molecule has 6 heteroatoms. The van der Waals surface area contributed by atoms with Crippen LogP contribution in [0.5, 0.6) is 0 Å². The Kier molecular flexibility index (Phi) is 2.87. The highest BCUT2D eigenvalue weighted by Crippen LogP contribution is 2.25. The van der Waals surface area contributed by atoms with Gasteiger partial charge in [0, 0.05) is 19.2 Å². The molecule has 1 fully saturated rings. The summed E-state index contributed by atoms with van der Waals surface area (Å²) in [6, 6.07) is 5.57. The van der Waals surface area contributed by atoms with Crippen LogP contribution in [0, 0.1) is 0 Å². The first-order valence-corrected chi connectivity index (χ1v) is 9.04. The van der Waals surface area contributed by atoms with Crippen molar-refractivity contribution in [3.8, 4) is 0 Å². The first-order chi connectivity index (χ1) is 10.1. The second-order valence-electron chi connectivity index (χ2n) is 5.99. The molecule has 0 amide bonds. The van der Waals surface area contributed by atoms with Gasteiger partial charge in [0.15, 0.2) is 11.0 Å². The average Bonchev–Trinajstić information content (AvgIpc) is 3.19. The smallest absolute Gasteiger partial charge is 0.230 e. The molecule has 0 aliphatic carbocycles. The second kappa shape index (κ2) is 4.55. The molecule has 0 saturated carbocycles. The molecule has 0 bridgehead atoms. The highest BCUT2D eigenvalue weighted by atomic mass is 32.2. The Morgan fingerprint density at radius 1 is 1.14 bits per heavy atom. The number of fused-ring (bicyclic) bond motifs is 3. The third-order valence-electron chi connectivity index (χ3n) is 4.78. The highest BCUT2D eigenvalue weighted by molar-refractivity contribution is 7.89. The van der Waals surface area contributed by atoms with Crippen LogP contribution >= 0.6 is 0 Å². The summed E-state index contributed by atoms with van der Waals surface area (Å²) in [4.78, 5) is 0.428. The van der Waals surface area contributed by atoms with Crippen LogP contribution < -0.4 is 4.57 Å². The van der Waals surface area contributed by atoms with Gasteiger partial charge in [0.05, 0.1) is 24.9 Å².